The van der Waals surface area contributed by atoms with Crippen LogP contribution in [0.25, 0.3) is 10.8 Å². The van der Waals surface area contributed by atoms with Gasteiger partial charge in [-0.05, 0) is 23.9 Å². The highest BCUT2D eigenvalue weighted by Gasteiger charge is 2.33. The van der Waals surface area contributed by atoms with Crippen LogP contribution in [0.15, 0.2) is 35.2 Å². The number of rotatable bonds is 0. The van der Waals surface area contributed by atoms with E-state index in [1.54, 1.807) is 0 Å². The molecule has 3 rings (SSSR count). The second kappa shape index (κ2) is 2.52. The van der Waals surface area contributed by atoms with E-state index in [4.69, 9.17) is 0 Å². The van der Waals surface area contributed by atoms with Crippen molar-refractivity contribution < 1.29 is 8.42 Å². The van der Waals surface area contributed by atoms with Crippen molar-refractivity contribution in [1.82, 2.24) is 0 Å². The first-order valence-corrected chi connectivity index (χ1v) is 6.13. The van der Waals surface area contributed by atoms with Crippen LogP contribution in [-0.2, 0) is 10.0 Å². The average molecular weight is 219 g/mol. The summed E-state index contributed by atoms with van der Waals surface area (Å²) in [5.74, 6) is 0. The van der Waals surface area contributed by atoms with E-state index in [1.807, 2.05) is 37.3 Å². The molecule has 0 saturated carbocycles. The van der Waals surface area contributed by atoms with Gasteiger partial charge in [-0.1, -0.05) is 24.3 Å². The Morgan fingerprint density at radius 1 is 1.20 bits per heavy atom. The van der Waals surface area contributed by atoms with E-state index in [9.17, 15) is 8.42 Å². The van der Waals surface area contributed by atoms with Gasteiger partial charge in [0.05, 0.1) is 5.69 Å². The molecule has 0 atom stereocenters. The molecule has 0 bridgehead atoms. The molecule has 0 radical (unpaired) electrons. The monoisotopic (exact) mass is 219 g/mol. The number of hydrogen-bond donors (Lipinski definition) is 1. The van der Waals surface area contributed by atoms with Crippen LogP contribution in [0.1, 0.15) is 5.56 Å². The van der Waals surface area contributed by atoms with Crippen molar-refractivity contribution in [2.75, 3.05) is 4.72 Å². The molecule has 1 N–H and O–H groups in total. The molecule has 0 unspecified atom stereocenters. The summed E-state index contributed by atoms with van der Waals surface area (Å²) in [7, 11) is -3.24. The summed E-state index contributed by atoms with van der Waals surface area (Å²) in [6.07, 6.45) is 0. The lowest BCUT2D eigenvalue weighted by atomic mass is 10.1. The molecule has 1 aliphatic rings. The summed E-state index contributed by atoms with van der Waals surface area (Å²) in [6, 6.07) is 9.52. The molecule has 0 aliphatic carbocycles. The number of fused-ring (bicyclic) bond motifs is 3. The van der Waals surface area contributed by atoms with E-state index >= 15 is 0 Å². The predicted octanol–water partition coefficient (Wildman–Crippen LogP) is 2.26. The summed E-state index contributed by atoms with van der Waals surface area (Å²) in [5.41, 5.74) is 1.72. The number of anilines is 1. The SMILES string of the molecule is Cc1cc2ccccc2c2c1NS2(=O)=O. The molecular weight excluding hydrogens is 210 g/mol. The lowest BCUT2D eigenvalue weighted by molar-refractivity contribution is 0.597. The van der Waals surface area contributed by atoms with Crippen molar-refractivity contribution in [3.63, 3.8) is 0 Å². The molecule has 76 valence electrons. The number of hydrogen-bond acceptors (Lipinski definition) is 2. The molecule has 1 aliphatic heterocycles. The van der Waals surface area contributed by atoms with Crippen molar-refractivity contribution in [2.24, 2.45) is 0 Å². The Kier molecular flexibility index (Phi) is 1.47. The molecule has 2 aromatic rings. The van der Waals surface area contributed by atoms with E-state index in [0.29, 0.717) is 4.90 Å². The van der Waals surface area contributed by atoms with Gasteiger partial charge in [0, 0.05) is 5.39 Å². The summed E-state index contributed by atoms with van der Waals surface area (Å²) < 4.78 is 25.6. The third-order valence-electron chi connectivity index (χ3n) is 2.70. The van der Waals surface area contributed by atoms with Crippen molar-refractivity contribution in [3.05, 3.63) is 35.9 Å². The zero-order valence-corrected chi connectivity index (χ0v) is 8.93. The third kappa shape index (κ3) is 1.02. The van der Waals surface area contributed by atoms with Crippen LogP contribution in [0.4, 0.5) is 5.69 Å². The van der Waals surface area contributed by atoms with E-state index in [-0.39, 0.29) is 0 Å². The predicted molar refractivity (Wildman–Crippen MR) is 59.5 cm³/mol. The van der Waals surface area contributed by atoms with Crippen molar-refractivity contribution >= 4 is 26.5 Å². The van der Waals surface area contributed by atoms with Crippen LogP contribution in [-0.4, -0.2) is 8.42 Å². The van der Waals surface area contributed by atoms with Gasteiger partial charge in [-0.2, -0.15) is 0 Å². The second-order valence-electron chi connectivity index (χ2n) is 3.72. The molecule has 2 aromatic carbocycles. The summed E-state index contributed by atoms with van der Waals surface area (Å²) in [4.78, 5) is 0.443. The highest BCUT2D eigenvalue weighted by molar-refractivity contribution is 7.94. The highest BCUT2D eigenvalue weighted by Crippen LogP contribution is 2.41. The van der Waals surface area contributed by atoms with Crippen molar-refractivity contribution in [1.29, 1.82) is 0 Å². The van der Waals surface area contributed by atoms with Crippen LogP contribution in [0, 0.1) is 6.92 Å². The molecule has 0 amide bonds. The van der Waals surface area contributed by atoms with Crippen LogP contribution in [0.5, 0.6) is 0 Å². The smallest absolute Gasteiger partial charge is 0.264 e. The summed E-state index contributed by atoms with van der Waals surface area (Å²) in [6.45, 7) is 1.91. The second-order valence-corrected chi connectivity index (χ2v) is 5.34. The minimum atomic E-state index is -3.24. The number of sulfonamides is 1. The number of benzene rings is 2. The van der Waals surface area contributed by atoms with Crippen LogP contribution >= 0.6 is 0 Å². The lowest BCUT2D eigenvalue weighted by Gasteiger charge is -2.25. The van der Waals surface area contributed by atoms with Gasteiger partial charge in [0.25, 0.3) is 10.0 Å². The van der Waals surface area contributed by atoms with E-state index in [0.717, 1.165) is 22.0 Å². The fraction of sp³-hybridized carbons (Fsp3) is 0.0909. The van der Waals surface area contributed by atoms with Gasteiger partial charge in [0.15, 0.2) is 0 Å². The van der Waals surface area contributed by atoms with Gasteiger partial charge in [-0.3, -0.25) is 4.72 Å². The number of nitrogens with one attached hydrogen (secondary N) is 1. The van der Waals surface area contributed by atoms with Crippen molar-refractivity contribution in [2.45, 2.75) is 11.8 Å². The molecule has 15 heavy (non-hydrogen) atoms. The maximum absolute atomic E-state index is 11.6. The lowest BCUT2D eigenvalue weighted by Crippen LogP contribution is -2.26. The van der Waals surface area contributed by atoms with E-state index in [2.05, 4.69) is 4.72 Å². The Hall–Kier alpha value is -1.55. The standard InChI is InChI=1S/C11H9NO2S/c1-7-6-8-4-2-3-5-9(8)11-10(7)12-15(11,13)14/h2-6,12H,1H3. The van der Waals surface area contributed by atoms with E-state index in [1.165, 1.54) is 0 Å². The fourth-order valence-electron chi connectivity index (χ4n) is 1.99. The van der Waals surface area contributed by atoms with Crippen LogP contribution < -0.4 is 4.72 Å². The molecule has 3 nitrogen and oxygen atoms in total. The minimum Gasteiger partial charge on any atom is -0.278 e. The Morgan fingerprint density at radius 2 is 1.93 bits per heavy atom. The molecule has 1 heterocycles. The Balaban J connectivity index is 2.57. The Morgan fingerprint density at radius 3 is 2.67 bits per heavy atom. The van der Waals surface area contributed by atoms with Gasteiger partial charge in [-0.15, -0.1) is 0 Å². The van der Waals surface area contributed by atoms with Gasteiger partial charge in [0.1, 0.15) is 4.90 Å². The minimum absolute atomic E-state index is 0.443. The van der Waals surface area contributed by atoms with Gasteiger partial charge < -0.3 is 0 Å². The largest absolute Gasteiger partial charge is 0.278 e. The highest BCUT2D eigenvalue weighted by atomic mass is 32.2. The first-order valence-electron chi connectivity index (χ1n) is 4.65. The fourth-order valence-corrected chi connectivity index (χ4v) is 3.43. The molecule has 0 saturated heterocycles. The maximum Gasteiger partial charge on any atom is 0.264 e. The normalized spacial score (nSPS) is 16.6. The first-order chi connectivity index (χ1) is 7.09. The third-order valence-corrected chi connectivity index (χ3v) is 4.14. The molecule has 4 heteroatoms. The molecule has 0 spiro atoms. The summed E-state index contributed by atoms with van der Waals surface area (Å²) in [5, 5.41) is 1.77. The Bertz CT molecular complexity index is 674. The molecule has 0 aromatic heterocycles. The zero-order valence-electron chi connectivity index (χ0n) is 8.11. The Labute approximate surface area is 87.8 Å². The van der Waals surface area contributed by atoms with E-state index < -0.39 is 10.0 Å². The summed E-state index contributed by atoms with van der Waals surface area (Å²) >= 11 is 0. The molecular formula is C11H9NO2S. The quantitative estimate of drug-likeness (QED) is 0.738. The van der Waals surface area contributed by atoms with Crippen LogP contribution in [0.2, 0.25) is 0 Å². The van der Waals surface area contributed by atoms with Gasteiger partial charge in [-0.25, -0.2) is 8.42 Å². The first kappa shape index (κ1) is 8.73. The maximum atomic E-state index is 11.6. The van der Waals surface area contributed by atoms with Crippen molar-refractivity contribution in [3.8, 4) is 0 Å². The topological polar surface area (TPSA) is 46.2 Å². The van der Waals surface area contributed by atoms with Gasteiger partial charge in [0.2, 0.25) is 0 Å². The van der Waals surface area contributed by atoms with Crippen LogP contribution in [0.3, 0.4) is 0 Å². The van der Waals surface area contributed by atoms with Gasteiger partial charge >= 0.3 is 0 Å². The number of aryl methyl sites for hydroxylation is 1. The zero-order chi connectivity index (χ0) is 10.6. The molecule has 0 fully saturated rings. The average Bonchev–Trinajstić information content (AvgIpc) is 2.17.